The van der Waals surface area contributed by atoms with Gasteiger partial charge in [-0.05, 0) is 58.3 Å². The number of rotatable bonds is 6. The Morgan fingerprint density at radius 3 is 2.53 bits per heavy atom. The van der Waals surface area contributed by atoms with E-state index in [0.29, 0.717) is 17.9 Å². The lowest BCUT2D eigenvalue weighted by Crippen LogP contribution is -2.31. The largest absolute Gasteiger partial charge is 0.497 e. The van der Waals surface area contributed by atoms with E-state index in [1.165, 1.54) is 5.01 Å². The second-order valence-corrected chi connectivity index (χ2v) is 8.98. The molecular weight excluding hydrogens is 484 g/mol. The molecule has 8 nitrogen and oxygen atoms in total. The molecule has 2 aliphatic rings. The number of nitrogens with zero attached hydrogens (tertiary/aromatic N) is 2. The molecule has 0 aliphatic carbocycles. The summed E-state index contributed by atoms with van der Waals surface area (Å²) in [5.41, 5.74) is 2.90. The molecule has 2 heterocycles. The lowest BCUT2D eigenvalue weighted by molar-refractivity contribution is -0.136. The Balaban J connectivity index is 1.24. The van der Waals surface area contributed by atoms with Gasteiger partial charge in [0.05, 0.1) is 24.4 Å². The Kier molecular flexibility index (Phi) is 6.13. The minimum atomic E-state index is -0.629. The standard InChI is InChI=1S/C30H24N2O6/c1-35-24-11-8-20(9-12-24)26-16-25(22-7-6-19-4-2-3-5-21(19)14-22)31-32(26)29(33)17-36-30(34)23-10-13-27-28(15-23)38-18-37-27/h2-15,26H,16-18H2,1H3. The summed E-state index contributed by atoms with van der Waals surface area (Å²) in [6, 6.07) is 26.2. The smallest absolute Gasteiger partial charge is 0.338 e. The van der Waals surface area contributed by atoms with Crippen molar-refractivity contribution in [2.75, 3.05) is 20.5 Å². The van der Waals surface area contributed by atoms with Crippen molar-refractivity contribution in [3.05, 3.63) is 102 Å². The highest BCUT2D eigenvalue weighted by Gasteiger charge is 2.34. The fourth-order valence-electron chi connectivity index (χ4n) is 4.67. The third kappa shape index (κ3) is 4.52. The van der Waals surface area contributed by atoms with E-state index < -0.39 is 18.5 Å². The first-order valence-electron chi connectivity index (χ1n) is 12.2. The van der Waals surface area contributed by atoms with Crippen LogP contribution in [0.15, 0.2) is 90.0 Å². The summed E-state index contributed by atoms with van der Waals surface area (Å²) in [5, 5.41) is 8.34. The van der Waals surface area contributed by atoms with Crippen LogP contribution >= 0.6 is 0 Å². The molecule has 0 saturated carbocycles. The fourth-order valence-corrected chi connectivity index (χ4v) is 4.67. The minimum absolute atomic E-state index is 0.103. The van der Waals surface area contributed by atoms with Crippen LogP contribution in [-0.4, -0.2) is 43.1 Å². The number of fused-ring (bicyclic) bond motifs is 2. The summed E-state index contributed by atoms with van der Waals surface area (Å²) in [5.74, 6) is 0.700. The van der Waals surface area contributed by atoms with Crippen molar-refractivity contribution in [2.45, 2.75) is 12.5 Å². The lowest BCUT2D eigenvalue weighted by atomic mass is 9.97. The zero-order valence-electron chi connectivity index (χ0n) is 20.6. The molecule has 6 rings (SSSR count). The van der Waals surface area contributed by atoms with Gasteiger partial charge in [0.15, 0.2) is 18.1 Å². The molecule has 190 valence electrons. The maximum Gasteiger partial charge on any atom is 0.338 e. The van der Waals surface area contributed by atoms with E-state index in [1.807, 2.05) is 54.6 Å². The first kappa shape index (κ1) is 23.5. The van der Waals surface area contributed by atoms with E-state index in [4.69, 9.17) is 24.0 Å². The van der Waals surface area contributed by atoms with Gasteiger partial charge in [0.25, 0.3) is 5.91 Å². The van der Waals surface area contributed by atoms with Crippen molar-refractivity contribution < 1.29 is 28.5 Å². The third-order valence-corrected chi connectivity index (χ3v) is 6.68. The molecule has 8 heteroatoms. The van der Waals surface area contributed by atoms with Crippen LogP contribution in [0.4, 0.5) is 0 Å². The van der Waals surface area contributed by atoms with Gasteiger partial charge in [-0.15, -0.1) is 0 Å². The highest BCUT2D eigenvalue weighted by Crippen LogP contribution is 2.35. The normalized spacial score (nSPS) is 15.9. The monoisotopic (exact) mass is 508 g/mol. The van der Waals surface area contributed by atoms with Crippen LogP contribution in [0, 0.1) is 0 Å². The van der Waals surface area contributed by atoms with Crippen LogP contribution in [0.2, 0.25) is 0 Å². The number of carbonyl (C=O) groups is 2. The second-order valence-electron chi connectivity index (χ2n) is 8.98. The van der Waals surface area contributed by atoms with Crippen LogP contribution in [0.1, 0.15) is 33.9 Å². The van der Waals surface area contributed by atoms with Crippen molar-refractivity contribution in [3.8, 4) is 17.2 Å². The summed E-state index contributed by atoms with van der Waals surface area (Å²) in [6.07, 6.45) is 0.520. The Bertz CT molecular complexity index is 1560. The molecule has 0 bridgehead atoms. The number of esters is 1. The maximum atomic E-state index is 13.3. The number of hydrogen-bond donors (Lipinski definition) is 0. The maximum absolute atomic E-state index is 13.3. The molecule has 4 aromatic rings. The van der Waals surface area contributed by atoms with Crippen LogP contribution < -0.4 is 14.2 Å². The number of hydrazone groups is 1. The summed E-state index contributed by atoms with van der Waals surface area (Å²) in [6.45, 7) is -0.347. The number of ether oxygens (including phenoxy) is 4. The van der Waals surface area contributed by atoms with E-state index in [1.54, 1.807) is 25.3 Å². The van der Waals surface area contributed by atoms with Gasteiger partial charge in [-0.1, -0.05) is 48.5 Å². The Hall–Kier alpha value is -4.85. The molecule has 0 radical (unpaired) electrons. The van der Waals surface area contributed by atoms with Gasteiger partial charge in [0, 0.05) is 6.42 Å². The van der Waals surface area contributed by atoms with Gasteiger partial charge < -0.3 is 18.9 Å². The van der Waals surface area contributed by atoms with Gasteiger partial charge in [0.1, 0.15) is 5.75 Å². The first-order chi connectivity index (χ1) is 18.6. The molecule has 0 fully saturated rings. The van der Waals surface area contributed by atoms with E-state index in [-0.39, 0.29) is 18.4 Å². The van der Waals surface area contributed by atoms with Crippen LogP contribution in [0.5, 0.6) is 17.2 Å². The number of methoxy groups -OCH3 is 1. The highest BCUT2D eigenvalue weighted by molar-refractivity contribution is 6.05. The molecule has 38 heavy (non-hydrogen) atoms. The molecule has 1 unspecified atom stereocenters. The predicted molar refractivity (Wildman–Crippen MR) is 141 cm³/mol. The summed E-state index contributed by atoms with van der Waals surface area (Å²) in [4.78, 5) is 26.0. The molecular formula is C30H24N2O6. The highest BCUT2D eigenvalue weighted by atomic mass is 16.7. The van der Waals surface area contributed by atoms with E-state index >= 15 is 0 Å². The van der Waals surface area contributed by atoms with Crippen molar-refractivity contribution >= 4 is 28.4 Å². The summed E-state index contributed by atoms with van der Waals surface area (Å²) < 4.78 is 21.3. The van der Waals surface area contributed by atoms with Crippen molar-refractivity contribution in [2.24, 2.45) is 5.10 Å². The zero-order chi connectivity index (χ0) is 26.1. The van der Waals surface area contributed by atoms with E-state index in [0.717, 1.165) is 33.4 Å². The number of benzene rings is 4. The molecule has 0 aromatic heterocycles. The number of amides is 1. The van der Waals surface area contributed by atoms with Crippen molar-refractivity contribution in [3.63, 3.8) is 0 Å². The minimum Gasteiger partial charge on any atom is -0.497 e. The molecule has 1 atom stereocenters. The molecule has 2 aliphatic heterocycles. The molecule has 0 saturated heterocycles. The fraction of sp³-hybridized carbons (Fsp3) is 0.167. The van der Waals surface area contributed by atoms with Crippen LogP contribution in [-0.2, 0) is 9.53 Å². The van der Waals surface area contributed by atoms with Crippen LogP contribution in [0.3, 0.4) is 0 Å². The van der Waals surface area contributed by atoms with E-state index in [9.17, 15) is 9.59 Å². The average Bonchev–Trinajstić information content (AvgIpc) is 3.63. The van der Waals surface area contributed by atoms with Crippen molar-refractivity contribution in [1.82, 2.24) is 5.01 Å². The average molecular weight is 509 g/mol. The Labute approximate surface area is 219 Å². The van der Waals surface area contributed by atoms with Gasteiger partial charge in [-0.25, -0.2) is 9.80 Å². The van der Waals surface area contributed by atoms with Crippen LogP contribution in [0.25, 0.3) is 10.8 Å². The molecule has 4 aromatic carbocycles. The first-order valence-corrected chi connectivity index (χ1v) is 12.2. The Morgan fingerprint density at radius 2 is 1.71 bits per heavy atom. The molecule has 0 spiro atoms. The number of carbonyl (C=O) groups excluding carboxylic acids is 2. The van der Waals surface area contributed by atoms with Crippen molar-refractivity contribution in [1.29, 1.82) is 0 Å². The van der Waals surface area contributed by atoms with Gasteiger partial charge in [-0.3, -0.25) is 4.79 Å². The number of hydrogen-bond acceptors (Lipinski definition) is 7. The molecule has 1 amide bonds. The summed E-state index contributed by atoms with van der Waals surface area (Å²) >= 11 is 0. The third-order valence-electron chi connectivity index (χ3n) is 6.68. The van der Waals surface area contributed by atoms with E-state index in [2.05, 4.69) is 12.1 Å². The van der Waals surface area contributed by atoms with Gasteiger partial charge in [-0.2, -0.15) is 5.10 Å². The second kappa shape index (κ2) is 9.89. The SMILES string of the molecule is COc1ccc(C2CC(c3ccc4ccccc4c3)=NN2C(=O)COC(=O)c2ccc3c(c2)OCO3)cc1. The predicted octanol–water partition coefficient (Wildman–Crippen LogP) is 5.11. The van der Waals surface area contributed by atoms with Gasteiger partial charge in [0.2, 0.25) is 6.79 Å². The summed E-state index contributed by atoms with van der Waals surface area (Å²) in [7, 11) is 1.61. The lowest BCUT2D eigenvalue weighted by Gasteiger charge is -2.22. The quantitative estimate of drug-likeness (QED) is 0.337. The van der Waals surface area contributed by atoms with Gasteiger partial charge >= 0.3 is 5.97 Å². The molecule has 0 N–H and O–H groups in total. The topological polar surface area (TPSA) is 86.7 Å². The Morgan fingerprint density at radius 1 is 0.921 bits per heavy atom. The zero-order valence-corrected chi connectivity index (χ0v) is 20.6.